The van der Waals surface area contributed by atoms with Gasteiger partial charge in [0.05, 0.1) is 12.5 Å². The molecule has 0 aromatic rings. The fourth-order valence-electron chi connectivity index (χ4n) is 0.695. The van der Waals surface area contributed by atoms with E-state index in [0.717, 1.165) is 6.42 Å². The SMILES string of the molecule is CCC(CC#N)NC(C)=O. The topological polar surface area (TPSA) is 52.9 Å². The van der Waals surface area contributed by atoms with Crippen molar-refractivity contribution in [3.05, 3.63) is 0 Å². The van der Waals surface area contributed by atoms with Crippen molar-refractivity contribution in [2.24, 2.45) is 0 Å². The molecule has 1 atom stereocenters. The van der Waals surface area contributed by atoms with Gasteiger partial charge in [0.1, 0.15) is 0 Å². The lowest BCUT2D eigenvalue weighted by molar-refractivity contribution is -0.119. The fourth-order valence-corrected chi connectivity index (χ4v) is 0.695. The molecule has 0 radical (unpaired) electrons. The van der Waals surface area contributed by atoms with E-state index < -0.39 is 0 Å². The highest BCUT2D eigenvalue weighted by Crippen LogP contribution is 1.94. The predicted molar refractivity (Wildman–Crippen MR) is 38.1 cm³/mol. The van der Waals surface area contributed by atoms with Crippen molar-refractivity contribution in [2.75, 3.05) is 0 Å². The molecule has 0 aliphatic rings. The minimum absolute atomic E-state index is 0.0301. The Hall–Kier alpha value is -1.04. The van der Waals surface area contributed by atoms with E-state index in [0.29, 0.717) is 6.42 Å². The second-order valence-corrected chi connectivity index (χ2v) is 2.17. The van der Waals surface area contributed by atoms with E-state index in [4.69, 9.17) is 5.26 Å². The monoisotopic (exact) mass is 140 g/mol. The first-order chi connectivity index (χ1) is 4.70. The molecule has 1 unspecified atom stereocenters. The molecule has 1 N–H and O–H groups in total. The summed E-state index contributed by atoms with van der Waals surface area (Å²) in [5.41, 5.74) is 0. The number of carbonyl (C=O) groups excluding carboxylic acids is 1. The van der Waals surface area contributed by atoms with Gasteiger partial charge in [0.2, 0.25) is 5.91 Å². The van der Waals surface area contributed by atoms with Crippen LogP contribution in [-0.2, 0) is 4.79 Å². The molecule has 0 saturated heterocycles. The number of nitriles is 1. The van der Waals surface area contributed by atoms with Crippen molar-refractivity contribution in [2.45, 2.75) is 32.7 Å². The van der Waals surface area contributed by atoms with Crippen LogP contribution in [0.3, 0.4) is 0 Å². The van der Waals surface area contributed by atoms with Crippen molar-refractivity contribution in [1.29, 1.82) is 5.26 Å². The first-order valence-electron chi connectivity index (χ1n) is 3.34. The Labute approximate surface area is 61.0 Å². The van der Waals surface area contributed by atoms with Crippen molar-refractivity contribution in [1.82, 2.24) is 5.32 Å². The molecule has 0 rings (SSSR count). The molecule has 0 fully saturated rings. The van der Waals surface area contributed by atoms with Crippen molar-refractivity contribution in [3.63, 3.8) is 0 Å². The van der Waals surface area contributed by atoms with E-state index in [-0.39, 0.29) is 11.9 Å². The number of amides is 1. The number of rotatable bonds is 3. The van der Waals surface area contributed by atoms with Crippen molar-refractivity contribution < 1.29 is 4.79 Å². The van der Waals surface area contributed by atoms with Gasteiger partial charge in [0.25, 0.3) is 0 Å². The van der Waals surface area contributed by atoms with Crippen LogP contribution in [0.2, 0.25) is 0 Å². The third kappa shape index (κ3) is 3.90. The normalized spacial score (nSPS) is 11.7. The quantitative estimate of drug-likeness (QED) is 0.630. The Bertz CT molecular complexity index is 148. The molecule has 0 saturated carbocycles. The molecule has 0 heterocycles. The number of hydrogen-bond donors (Lipinski definition) is 1. The van der Waals surface area contributed by atoms with E-state index in [1.165, 1.54) is 6.92 Å². The van der Waals surface area contributed by atoms with Gasteiger partial charge in [-0.2, -0.15) is 5.26 Å². The van der Waals surface area contributed by atoms with Crippen LogP contribution in [0.1, 0.15) is 26.7 Å². The van der Waals surface area contributed by atoms with Crippen molar-refractivity contribution >= 4 is 5.91 Å². The smallest absolute Gasteiger partial charge is 0.217 e. The Morgan fingerprint density at radius 3 is 2.70 bits per heavy atom. The molecule has 3 nitrogen and oxygen atoms in total. The Morgan fingerprint density at radius 1 is 1.80 bits per heavy atom. The summed E-state index contributed by atoms with van der Waals surface area (Å²) < 4.78 is 0. The van der Waals surface area contributed by atoms with Gasteiger partial charge < -0.3 is 5.32 Å². The summed E-state index contributed by atoms with van der Waals surface area (Å²) in [7, 11) is 0. The van der Waals surface area contributed by atoms with Gasteiger partial charge in [-0.1, -0.05) is 6.92 Å². The Balaban J connectivity index is 3.62. The largest absolute Gasteiger partial charge is 0.353 e. The first kappa shape index (κ1) is 8.96. The van der Waals surface area contributed by atoms with Crippen LogP contribution >= 0.6 is 0 Å². The zero-order valence-electron chi connectivity index (χ0n) is 6.35. The maximum atomic E-state index is 10.5. The van der Waals surface area contributed by atoms with Crippen LogP contribution in [0.5, 0.6) is 0 Å². The van der Waals surface area contributed by atoms with E-state index >= 15 is 0 Å². The van der Waals surface area contributed by atoms with Crippen LogP contribution < -0.4 is 5.32 Å². The number of carbonyl (C=O) groups is 1. The number of nitrogens with one attached hydrogen (secondary N) is 1. The van der Waals surface area contributed by atoms with E-state index in [9.17, 15) is 4.79 Å². The minimum Gasteiger partial charge on any atom is -0.353 e. The molecule has 0 aliphatic carbocycles. The van der Waals surface area contributed by atoms with Crippen molar-refractivity contribution in [3.8, 4) is 6.07 Å². The highest BCUT2D eigenvalue weighted by Gasteiger charge is 2.04. The summed E-state index contributed by atoms with van der Waals surface area (Å²) in [6, 6.07) is 2.04. The van der Waals surface area contributed by atoms with E-state index in [2.05, 4.69) is 5.32 Å². The maximum Gasteiger partial charge on any atom is 0.217 e. The van der Waals surface area contributed by atoms with E-state index in [1.54, 1.807) is 0 Å². The maximum absolute atomic E-state index is 10.5. The lowest BCUT2D eigenvalue weighted by atomic mass is 10.2. The van der Waals surface area contributed by atoms with Gasteiger partial charge in [0, 0.05) is 13.0 Å². The minimum atomic E-state index is -0.0675. The summed E-state index contributed by atoms with van der Waals surface area (Å²) in [5.74, 6) is -0.0675. The number of nitrogens with zero attached hydrogens (tertiary/aromatic N) is 1. The molecule has 0 bridgehead atoms. The van der Waals surface area contributed by atoms with Gasteiger partial charge in [-0.05, 0) is 6.42 Å². The zero-order valence-corrected chi connectivity index (χ0v) is 6.35. The average molecular weight is 140 g/mol. The molecular weight excluding hydrogens is 128 g/mol. The highest BCUT2D eigenvalue weighted by molar-refractivity contribution is 5.73. The summed E-state index contributed by atoms with van der Waals surface area (Å²) in [4.78, 5) is 10.5. The standard InChI is InChI=1S/C7H12N2O/c1-3-7(4-5-8)9-6(2)10/h7H,3-4H2,1-2H3,(H,9,10). The molecule has 0 spiro atoms. The molecule has 10 heavy (non-hydrogen) atoms. The summed E-state index contributed by atoms with van der Waals surface area (Å²) in [6.07, 6.45) is 1.21. The molecule has 0 aromatic carbocycles. The van der Waals surface area contributed by atoms with Gasteiger partial charge >= 0.3 is 0 Å². The molecular formula is C7H12N2O. The molecule has 0 aliphatic heterocycles. The summed E-state index contributed by atoms with van der Waals surface area (Å²) >= 11 is 0. The third-order valence-corrected chi connectivity index (χ3v) is 1.24. The summed E-state index contributed by atoms with van der Waals surface area (Å²) in [5, 5.41) is 10.9. The van der Waals surface area contributed by atoms with Crippen LogP contribution in [-0.4, -0.2) is 11.9 Å². The summed E-state index contributed by atoms with van der Waals surface area (Å²) in [6.45, 7) is 3.40. The van der Waals surface area contributed by atoms with Gasteiger partial charge in [-0.15, -0.1) is 0 Å². The van der Waals surface area contributed by atoms with Gasteiger partial charge in [-0.3, -0.25) is 4.79 Å². The zero-order chi connectivity index (χ0) is 7.98. The highest BCUT2D eigenvalue weighted by atomic mass is 16.1. The van der Waals surface area contributed by atoms with Crippen LogP contribution in [0.15, 0.2) is 0 Å². The third-order valence-electron chi connectivity index (χ3n) is 1.24. The lowest BCUT2D eigenvalue weighted by Gasteiger charge is -2.10. The second-order valence-electron chi connectivity index (χ2n) is 2.17. The van der Waals surface area contributed by atoms with Gasteiger partial charge in [0.15, 0.2) is 0 Å². The first-order valence-corrected chi connectivity index (χ1v) is 3.34. The van der Waals surface area contributed by atoms with Crippen LogP contribution in [0, 0.1) is 11.3 Å². The Morgan fingerprint density at radius 2 is 2.40 bits per heavy atom. The second kappa shape index (κ2) is 4.80. The molecule has 56 valence electrons. The number of hydrogen-bond acceptors (Lipinski definition) is 2. The lowest BCUT2D eigenvalue weighted by Crippen LogP contribution is -2.31. The molecule has 3 heteroatoms. The predicted octanol–water partition coefficient (Wildman–Crippen LogP) is 0.815. The average Bonchev–Trinajstić information content (AvgIpc) is 1.86. The van der Waals surface area contributed by atoms with Gasteiger partial charge in [-0.25, -0.2) is 0 Å². The Kier molecular flexibility index (Phi) is 4.30. The molecule has 0 aromatic heterocycles. The fraction of sp³-hybridized carbons (Fsp3) is 0.714. The molecule has 1 amide bonds. The van der Waals surface area contributed by atoms with E-state index in [1.807, 2.05) is 13.0 Å². The van der Waals surface area contributed by atoms with Crippen LogP contribution in [0.25, 0.3) is 0 Å². The van der Waals surface area contributed by atoms with Crippen LogP contribution in [0.4, 0.5) is 0 Å².